The van der Waals surface area contributed by atoms with Crippen molar-refractivity contribution in [3.8, 4) is 34.3 Å². The molecule has 5 rings (SSSR count). The zero-order valence-corrected chi connectivity index (χ0v) is 21.0. The molecule has 1 aromatic heterocycles. The molecule has 2 aliphatic heterocycles. The van der Waals surface area contributed by atoms with Crippen molar-refractivity contribution in [1.29, 1.82) is 0 Å². The summed E-state index contributed by atoms with van der Waals surface area (Å²) in [6.45, 7) is -1.25. The third-order valence-electron chi connectivity index (χ3n) is 6.85. The molecule has 15 heteroatoms. The molecule has 41 heavy (non-hydrogen) atoms. The lowest BCUT2D eigenvalue weighted by Gasteiger charge is -2.44. The quantitative estimate of drug-likeness (QED) is 0.156. The normalized spacial score (nSPS) is 32.2. The molecule has 2 aromatic carbocycles. The Morgan fingerprint density at radius 3 is 2.24 bits per heavy atom. The second-order valence-electron chi connectivity index (χ2n) is 9.65. The third kappa shape index (κ3) is 5.42. The van der Waals surface area contributed by atoms with Crippen LogP contribution in [-0.4, -0.2) is 114 Å². The first kappa shape index (κ1) is 29.0. The highest BCUT2D eigenvalue weighted by Gasteiger charge is 2.50. The van der Waals surface area contributed by atoms with Gasteiger partial charge in [0.15, 0.2) is 18.2 Å². The molecule has 222 valence electrons. The molecule has 0 bridgehead atoms. The first-order valence-electron chi connectivity index (χ1n) is 12.4. The van der Waals surface area contributed by atoms with Crippen molar-refractivity contribution in [1.82, 2.24) is 0 Å². The van der Waals surface area contributed by atoms with Crippen LogP contribution in [-0.2, 0) is 14.2 Å². The van der Waals surface area contributed by atoms with Gasteiger partial charge in [0.2, 0.25) is 17.5 Å². The molecule has 2 saturated heterocycles. The lowest BCUT2D eigenvalue weighted by atomic mass is 9.98. The van der Waals surface area contributed by atoms with E-state index in [1.807, 2.05) is 0 Å². The maximum Gasteiger partial charge on any atom is 0.239 e. The number of hydrogen-bond donors (Lipinski definition) is 9. The summed E-state index contributed by atoms with van der Waals surface area (Å²) in [6, 6.07) is 7.30. The number of benzene rings is 2. The smallest absolute Gasteiger partial charge is 0.239 e. The Labute approximate surface area is 230 Å². The number of rotatable bonds is 6. The first-order valence-corrected chi connectivity index (χ1v) is 12.4. The van der Waals surface area contributed by atoms with Crippen LogP contribution >= 0.6 is 0 Å². The van der Waals surface area contributed by atoms with Crippen molar-refractivity contribution in [3.05, 3.63) is 46.6 Å². The Bertz CT molecular complexity index is 1440. The van der Waals surface area contributed by atoms with E-state index in [4.69, 9.17) is 23.4 Å². The second-order valence-corrected chi connectivity index (χ2v) is 9.65. The fourth-order valence-corrected chi connectivity index (χ4v) is 4.64. The molecule has 0 radical (unpaired) electrons. The summed E-state index contributed by atoms with van der Waals surface area (Å²) in [7, 11) is 0. The molecule has 0 unspecified atom stereocenters. The minimum Gasteiger partial charge on any atom is -0.508 e. The topological polar surface area (TPSA) is 249 Å². The zero-order chi connectivity index (χ0) is 29.6. The van der Waals surface area contributed by atoms with Crippen molar-refractivity contribution in [3.63, 3.8) is 0 Å². The second kappa shape index (κ2) is 11.4. The van der Waals surface area contributed by atoms with Crippen molar-refractivity contribution in [2.24, 2.45) is 0 Å². The average molecular weight is 580 g/mol. The minimum atomic E-state index is -1.86. The standard InChI is InChI=1S/C26H28O15/c27-7-15-18(33)20(35)24(41-25-21(36)17(32)13(31)8-37-25)26(39-15)40-23-19(34)16-12(30)5-11(29)6-14(16)38-22(23)9-1-3-10(28)4-2-9/h1-6,13,15,17-18,20-21,24-33,35-36H,7-8H2/t13-,15-,17+,18-,20+,21-,24-,25-,26-/m1/s1. The Morgan fingerprint density at radius 1 is 0.854 bits per heavy atom. The summed E-state index contributed by atoms with van der Waals surface area (Å²) in [6.07, 6.45) is -15.1. The van der Waals surface area contributed by atoms with Gasteiger partial charge in [-0.05, 0) is 24.3 Å². The Balaban J connectivity index is 1.60. The highest BCUT2D eigenvalue weighted by atomic mass is 16.8. The molecule has 9 N–H and O–H groups in total. The van der Waals surface area contributed by atoms with E-state index in [2.05, 4.69) is 0 Å². The summed E-state index contributed by atoms with van der Waals surface area (Å²) in [5.74, 6) is -2.02. The van der Waals surface area contributed by atoms with E-state index in [0.717, 1.165) is 12.1 Å². The lowest BCUT2D eigenvalue weighted by Crippen LogP contribution is -2.64. The van der Waals surface area contributed by atoms with Gasteiger partial charge in [0.1, 0.15) is 64.8 Å². The number of phenols is 3. The minimum absolute atomic E-state index is 0.111. The Morgan fingerprint density at radius 2 is 1.56 bits per heavy atom. The largest absolute Gasteiger partial charge is 0.508 e. The highest BCUT2D eigenvalue weighted by Crippen LogP contribution is 2.38. The number of ether oxygens (including phenoxy) is 4. The molecule has 2 fully saturated rings. The number of aromatic hydroxyl groups is 3. The van der Waals surface area contributed by atoms with Gasteiger partial charge in [0.05, 0.1) is 13.2 Å². The monoisotopic (exact) mass is 580 g/mol. The van der Waals surface area contributed by atoms with E-state index >= 15 is 0 Å². The molecule has 15 nitrogen and oxygen atoms in total. The van der Waals surface area contributed by atoms with Crippen LogP contribution in [0.2, 0.25) is 0 Å². The van der Waals surface area contributed by atoms with Gasteiger partial charge in [-0.15, -0.1) is 0 Å². The van der Waals surface area contributed by atoms with Gasteiger partial charge in [-0.25, -0.2) is 0 Å². The Kier molecular flexibility index (Phi) is 8.06. The molecule has 3 heterocycles. The summed E-state index contributed by atoms with van der Waals surface area (Å²) in [5.41, 5.74) is -0.992. The van der Waals surface area contributed by atoms with Crippen LogP contribution in [0.3, 0.4) is 0 Å². The molecule has 2 aliphatic rings. The first-order chi connectivity index (χ1) is 19.5. The van der Waals surface area contributed by atoms with Gasteiger partial charge in [-0.1, -0.05) is 0 Å². The molecule has 0 aliphatic carbocycles. The van der Waals surface area contributed by atoms with E-state index in [1.165, 1.54) is 24.3 Å². The summed E-state index contributed by atoms with van der Waals surface area (Å²) in [5, 5.41) is 90.8. The Hall–Kier alpha value is -3.51. The van der Waals surface area contributed by atoms with E-state index in [1.54, 1.807) is 0 Å². The van der Waals surface area contributed by atoms with Crippen LogP contribution in [0.5, 0.6) is 23.0 Å². The van der Waals surface area contributed by atoms with Crippen molar-refractivity contribution in [2.45, 2.75) is 55.3 Å². The van der Waals surface area contributed by atoms with Crippen LogP contribution < -0.4 is 10.2 Å². The van der Waals surface area contributed by atoms with Crippen molar-refractivity contribution in [2.75, 3.05) is 13.2 Å². The van der Waals surface area contributed by atoms with E-state index < -0.39 is 96.6 Å². The zero-order valence-electron chi connectivity index (χ0n) is 21.0. The third-order valence-corrected chi connectivity index (χ3v) is 6.85. The molecule has 0 saturated carbocycles. The number of phenolic OH excluding ortho intramolecular Hbond substituents is 3. The van der Waals surface area contributed by atoms with Crippen LogP contribution in [0.15, 0.2) is 45.6 Å². The predicted molar refractivity (Wildman–Crippen MR) is 134 cm³/mol. The maximum atomic E-state index is 13.7. The van der Waals surface area contributed by atoms with E-state index in [0.29, 0.717) is 0 Å². The maximum absolute atomic E-state index is 13.7. The van der Waals surface area contributed by atoms with Gasteiger partial charge >= 0.3 is 0 Å². The van der Waals surface area contributed by atoms with Gasteiger partial charge in [0.25, 0.3) is 0 Å². The number of fused-ring (bicyclic) bond motifs is 1. The fraction of sp³-hybridized carbons (Fsp3) is 0.423. The van der Waals surface area contributed by atoms with E-state index in [9.17, 15) is 50.8 Å². The van der Waals surface area contributed by atoms with Gasteiger partial charge in [-0.2, -0.15) is 0 Å². The molecular weight excluding hydrogens is 552 g/mol. The van der Waals surface area contributed by atoms with Gasteiger partial charge in [-0.3, -0.25) is 4.79 Å². The molecular formula is C26H28O15. The fourth-order valence-electron chi connectivity index (χ4n) is 4.64. The van der Waals surface area contributed by atoms with Crippen molar-refractivity contribution >= 4 is 11.0 Å². The predicted octanol–water partition coefficient (Wildman–Crippen LogP) is -1.78. The van der Waals surface area contributed by atoms with Crippen molar-refractivity contribution < 1.29 is 69.3 Å². The highest BCUT2D eigenvalue weighted by molar-refractivity contribution is 5.88. The van der Waals surface area contributed by atoms with Crippen LogP contribution in [0.4, 0.5) is 0 Å². The van der Waals surface area contributed by atoms with E-state index in [-0.39, 0.29) is 22.7 Å². The molecule has 3 aromatic rings. The van der Waals surface area contributed by atoms with Crippen LogP contribution in [0.1, 0.15) is 0 Å². The number of aliphatic hydroxyl groups is 6. The lowest BCUT2D eigenvalue weighted by molar-refractivity contribution is -0.345. The summed E-state index contributed by atoms with van der Waals surface area (Å²) >= 11 is 0. The van der Waals surface area contributed by atoms with Crippen LogP contribution in [0, 0.1) is 0 Å². The molecule has 0 amide bonds. The van der Waals surface area contributed by atoms with Crippen LogP contribution in [0.25, 0.3) is 22.3 Å². The average Bonchev–Trinajstić information content (AvgIpc) is 2.93. The SMILES string of the molecule is O=c1c(O[C@H]2O[C@H](CO)[C@@H](O)[C@H](O)[C@H]2O[C@H]2OC[C@@H](O)[C@H](O)[C@H]2O)c(-c2ccc(O)cc2)oc2cc(O)cc(O)c12. The number of aliphatic hydroxyl groups excluding tert-OH is 6. The van der Waals surface area contributed by atoms with Gasteiger partial charge in [0, 0.05) is 17.7 Å². The number of hydrogen-bond acceptors (Lipinski definition) is 15. The summed E-state index contributed by atoms with van der Waals surface area (Å²) in [4.78, 5) is 13.7. The van der Waals surface area contributed by atoms with Gasteiger partial charge < -0.3 is 69.3 Å². The summed E-state index contributed by atoms with van der Waals surface area (Å²) < 4.78 is 28.1. The molecule has 9 atom stereocenters. The molecule has 0 spiro atoms.